The Hall–Kier alpha value is -2.12. The second kappa shape index (κ2) is 7.63. The highest BCUT2D eigenvalue weighted by Crippen LogP contribution is 2.69. The largest absolute Gasteiger partial charge is 0.465 e. The number of rotatable bonds is 8. The fraction of sp³-hybridized carbons (Fsp3) is 0.765. The van der Waals surface area contributed by atoms with Gasteiger partial charge in [0.15, 0.2) is 5.54 Å². The van der Waals surface area contributed by atoms with Crippen LogP contribution < -0.4 is 0 Å². The maximum Gasteiger partial charge on any atom is 0.344 e. The van der Waals surface area contributed by atoms with Gasteiger partial charge in [-0.05, 0) is 39.6 Å². The molecule has 0 saturated heterocycles. The molecular formula is C17H24FN3O5. The van der Waals surface area contributed by atoms with E-state index in [-0.39, 0.29) is 25.7 Å². The normalized spacial score (nSPS) is 36.1. The summed E-state index contributed by atoms with van der Waals surface area (Å²) in [4.78, 5) is 27.6. The number of esters is 2. The quantitative estimate of drug-likeness (QED) is 0.215. The van der Waals surface area contributed by atoms with E-state index in [1.54, 1.807) is 32.9 Å². The molecule has 2 rings (SSSR count). The predicted molar refractivity (Wildman–Crippen MR) is 89.7 cm³/mol. The van der Waals surface area contributed by atoms with Crippen LogP contribution in [-0.4, -0.2) is 48.6 Å². The molecule has 0 bridgehead atoms. The highest BCUT2D eigenvalue weighted by Gasteiger charge is 2.86. The van der Waals surface area contributed by atoms with E-state index in [0.29, 0.717) is 0 Å². The summed E-state index contributed by atoms with van der Waals surface area (Å²) >= 11 is 0. The van der Waals surface area contributed by atoms with E-state index in [4.69, 9.17) is 19.7 Å². The number of allylic oxidation sites excluding steroid dienone is 1. The van der Waals surface area contributed by atoms with Crippen molar-refractivity contribution in [3.05, 3.63) is 22.6 Å². The molecule has 1 unspecified atom stereocenters. The number of hydrogen-bond donors (Lipinski definition) is 0. The first-order valence-electron chi connectivity index (χ1n) is 8.72. The third-order valence-corrected chi connectivity index (χ3v) is 4.96. The van der Waals surface area contributed by atoms with E-state index >= 15 is 4.39 Å². The van der Waals surface area contributed by atoms with E-state index in [9.17, 15) is 9.59 Å². The van der Waals surface area contributed by atoms with E-state index in [2.05, 4.69) is 10.0 Å². The number of halogens is 1. The van der Waals surface area contributed by atoms with Gasteiger partial charge in [-0.15, -0.1) is 0 Å². The first kappa shape index (κ1) is 20.2. The van der Waals surface area contributed by atoms with E-state index in [1.165, 1.54) is 0 Å². The zero-order valence-electron chi connectivity index (χ0n) is 15.3. The molecule has 144 valence electrons. The van der Waals surface area contributed by atoms with Crippen molar-refractivity contribution in [2.24, 2.45) is 17.0 Å². The molecule has 0 aliphatic heterocycles. The first-order chi connectivity index (χ1) is 12.3. The van der Waals surface area contributed by atoms with Gasteiger partial charge in [0.05, 0.1) is 25.4 Å². The Morgan fingerprint density at radius 2 is 1.96 bits per heavy atom. The summed E-state index contributed by atoms with van der Waals surface area (Å²) in [5, 5.41) is 3.64. The molecule has 2 saturated carbocycles. The number of carbonyl (C=O) groups excluding carboxylic acids is 2. The van der Waals surface area contributed by atoms with Crippen LogP contribution in [0.25, 0.3) is 10.4 Å². The van der Waals surface area contributed by atoms with Crippen LogP contribution >= 0.6 is 0 Å². The fourth-order valence-corrected chi connectivity index (χ4v) is 3.97. The van der Waals surface area contributed by atoms with Crippen molar-refractivity contribution in [1.29, 1.82) is 0 Å². The third kappa shape index (κ3) is 2.95. The third-order valence-electron chi connectivity index (χ3n) is 4.96. The second-order valence-electron chi connectivity index (χ2n) is 6.40. The van der Waals surface area contributed by atoms with Crippen LogP contribution in [0.3, 0.4) is 0 Å². The smallest absolute Gasteiger partial charge is 0.344 e. The summed E-state index contributed by atoms with van der Waals surface area (Å²) in [7, 11) is 0. The summed E-state index contributed by atoms with van der Waals surface area (Å²) in [6, 6.07) is 0. The van der Waals surface area contributed by atoms with Crippen molar-refractivity contribution in [2.75, 3.05) is 13.2 Å². The average molecular weight is 369 g/mol. The Balaban J connectivity index is 2.43. The number of hydrogen-bond acceptors (Lipinski definition) is 6. The number of carbonyl (C=O) groups is 2. The van der Waals surface area contributed by atoms with E-state index < -0.39 is 41.1 Å². The van der Waals surface area contributed by atoms with E-state index in [1.807, 2.05) is 6.92 Å². The SMILES string of the molecule is C/C=C/C(C)O[C@@H]1C[C@@H]2[C@@H]([C@@]2(F)C(=O)OCC)[C@]1(N=[N+]=[N-])C(=O)OCC. The number of nitrogens with zero attached hydrogens (tertiary/aromatic N) is 3. The molecule has 9 heteroatoms. The predicted octanol–water partition coefficient (Wildman–Crippen LogP) is 2.87. The van der Waals surface area contributed by atoms with Crippen molar-refractivity contribution in [3.63, 3.8) is 0 Å². The van der Waals surface area contributed by atoms with Gasteiger partial charge in [0.1, 0.15) is 0 Å². The summed E-state index contributed by atoms with van der Waals surface area (Å²) < 4.78 is 31.1. The molecule has 26 heavy (non-hydrogen) atoms. The van der Waals surface area contributed by atoms with Gasteiger partial charge in [-0.25, -0.2) is 9.18 Å². The van der Waals surface area contributed by atoms with E-state index in [0.717, 1.165) is 0 Å². The van der Waals surface area contributed by atoms with Crippen molar-refractivity contribution in [2.45, 2.75) is 57.5 Å². The zero-order chi connectivity index (χ0) is 19.5. The topological polar surface area (TPSA) is 111 Å². The van der Waals surface area contributed by atoms with Crippen LogP contribution in [0.15, 0.2) is 17.3 Å². The Bertz CT molecular complexity index is 650. The summed E-state index contributed by atoms with van der Waals surface area (Å²) in [6.45, 7) is 6.75. The van der Waals surface area contributed by atoms with Crippen molar-refractivity contribution in [3.8, 4) is 0 Å². The van der Waals surface area contributed by atoms with Crippen molar-refractivity contribution >= 4 is 11.9 Å². The molecule has 0 aromatic carbocycles. The standard InChI is InChI=1S/C17H24FN3O5/c1-5-8-10(4)26-12-9-11-13(16(11,18)14(22)24-6-2)17(12,20-21-19)15(23)25-7-3/h5,8,10-13H,6-7,9H2,1-4H3/b8-5+/t10?,11-,12-,13+,16-,17+/m1/s1. The van der Waals surface area contributed by atoms with Gasteiger partial charge in [0, 0.05) is 16.7 Å². The highest BCUT2D eigenvalue weighted by atomic mass is 19.1. The van der Waals surface area contributed by atoms with Crippen LogP contribution in [0, 0.1) is 11.8 Å². The molecular weight excluding hydrogens is 345 g/mol. The molecule has 2 fully saturated rings. The molecule has 0 aromatic rings. The monoisotopic (exact) mass is 369 g/mol. The van der Waals surface area contributed by atoms with Crippen molar-refractivity contribution < 1.29 is 28.2 Å². The van der Waals surface area contributed by atoms with Gasteiger partial charge in [-0.1, -0.05) is 17.3 Å². The van der Waals surface area contributed by atoms with Crippen LogP contribution in [0.5, 0.6) is 0 Å². The van der Waals surface area contributed by atoms with Gasteiger partial charge >= 0.3 is 11.9 Å². The number of azide groups is 1. The molecule has 2 aliphatic rings. The highest BCUT2D eigenvalue weighted by molar-refractivity contribution is 5.92. The lowest BCUT2D eigenvalue weighted by molar-refractivity contribution is -0.163. The maximum atomic E-state index is 15.3. The fourth-order valence-electron chi connectivity index (χ4n) is 3.97. The lowest BCUT2D eigenvalue weighted by atomic mass is 9.87. The second-order valence-corrected chi connectivity index (χ2v) is 6.40. The molecule has 0 aromatic heterocycles. The minimum atomic E-state index is -2.37. The number of alkyl halides is 1. The van der Waals surface area contributed by atoms with Gasteiger partial charge < -0.3 is 14.2 Å². The molecule has 0 N–H and O–H groups in total. The Kier molecular flexibility index (Phi) is 5.93. The molecule has 8 nitrogen and oxygen atoms in total. The van der Waals surface area contributed by atoms with Gasteiger partial charge in [0.2, 0.25) is 5.67 Å². The lowest BCUT2D eigenvalue weighted by Crippen LogP contribution is -2.53. The molecule has 0 heterocycles. The molecule has 6 atom stereocenters. The Morgan fingerprint density at radius 3 is 2.50 bits per heavy atom. The minimum Gasteiger partial charge on any atom is -0.465 e. The van der Waals surface area contributed by atoms with Crippen LogP contribution in [0.1, 0.15) is 34.1 Å². The molecule has 0 amide bonds. The Morgan fingerprint density at radius 1 is 1.35 bits per heavy atom. The van der Waals surface area contributed by atoms with Crippen LogP contribution in [0.2, 0.25) is 0 Å². The van der Waals surface area contributed by atoms with Gasteiger partial charge in [-0.2, -0.15) is 0 Å². The molecule has 0 spiro atoms. The van der Waals surface area contributed by atoms with Gasteiger partial charge in [0.25, 0.3) is 0 Å². The van der Waals surface area contributed by atoms with Gasteiger partial charge in [-0.3, -0.25) is 4.79 Å². The van der Waals surface area contributed by atoms with Crippen LogP contribution in [-0.2, 0) is 23.8 Å². The molecule has 0 radical (unpaired) electrons. The summed E-state index contributed by atoms with van der Waals surface area (Å²) in [6.07, 6.45) is 2.31. The zero-order valence-corrected chi connectivity index (χ0v) is 15.3. The first-order valence-corrected chi connectivity index (χ1v) is 8.72. The van der Waals surface area contributed by atoms with Crippen molar-refractivity contribution in [1.82, 2.24) is 0 Å². The maximum absolute atomic E-state index is 15.3. The number of ether oxygens (including phenoxy) is 3. The average Bonchev–Trinajstić information content (AvgIpc) is 3.03. The Labute approximate surface area is 151 Å². The number of fused-ring (bicyclic) bond motifs is 1. The summed E-state index contributed by atoms with van der Waals surface area (Å²) in [5.74, 6) is -3.91. The summed E-state index contributed by atoms with van der Waals surface area (Å²) in [5.41, 5.74) is 4.74. The lowest BCUT2D eigenvalue weighted by Gasteiger charge is -2.34. The molecule has 2 aliphatic carbocycles. The minimum absolute atomic E-state index is 0.0100. The van der Waals surface area contributed by atoms with Crippen LogP contribution in [0.4, 0.5) is 4.39 Å².